The summed E-state index contributed by atoms with van der Waals surface area (Å²) in [5, 5.41) is 5.70. The van der Waals surface area contributed by atoms with Crippen molar-refractivity contribution in [1.82, 2.24) is 10.6 Å². The summed E-state index contributed by atoms with van der Waals surface area (Å²) in [6, 6.07) is 3.24. The van der Waals surface area contributed by atoms with Crippen LogP contribution in [0.2, 0.25) is 0 Å². The minimum atomic E-state index is -0.902. The number of halogens is 2. The summed E-state index contributed by atoms with van der Waals surface area (Å²) in [6.07, 6.45) is 3.75. The van der Waals surface area contributed by atoms with Crippen LogP contribution in [0.4, 0.5) is 13.6 Å². The van der Waals surface area contributed by atoms with Crippen LogP contribution in [0, 0.1) is 17.6 Å². The molecule has 1 aliphatic heterocycles. The molecular formula is C16H20F2N2O2. The van der Waals surface area contributed by atoms with Gasteiger partial charge in [0.15, 0.2) is 11.6 Å². The van der Waals surface area contributed by atoms with E-state index in [4.69, 9.17) is 4.74 Å². The van der Waals surface area contributed by atoms with E-state index in [1.54, 1.807) is 0 Å². The first-order valence-corrected chi connectivity index (χ1v) is 7.74. The largest absolute Gasteiger partial charge is 0.371 e. The van der Waals surface area contributed by atoms with E-state index in [9.17, 15) is 13.6 Å². The number of rotatable bonds is 5. The van der Waals surface area contributed by atoms with E-state index in [0.717, 1.165) is 24.5 Å². The van der Waals surface area contributed by atoms with Crippen molar-refractivity contribution in [2.24, 2.45) is 5.92 Å². The number of hydrogen-bond acceptors (Lipinski definition) is 2. The van der Waals surface area contributed by atoms with Crippen LogP contribution in [-0.2, 0) is 4.74 Å². The summed E-state index contributed by atoms with van der Waals surface area (Å²) in [7, 11) is 0. The number of carbonyl (C=O) groups is 1. The van der Waals surface area contributed by atoms with E-state index in [0.29, 0.717) is 25.1 Å². The van der Waals surface area contributed by atoms with E-state index in [-0.39, 0.29) is 12.1 Å². The quantitative estimate of drug-likeness (QED) is 0.878. The summed E-state index contributed by atoms with van der Waals surface area (Å²) in [6.45, 7) is 1.15. The average molecular weight is 310 g/mol. The Balaban J connectivity index is 1.55. The molecule has 3 rings (SSSR count). The molecule has 2 atom stereocenters. The lowest BCUT2D eigenvalue weighted by Crippen LogP contribution is -2.43. The molecule has 2 aliphatic rings. The molecule has 22 heavy (non-hydrogen) atoms. The fourth-order valence-electron chi connectivity index (χ4n) is 2.77. The van der Waals surface area contributed by atoms with Crippen LogP contribution in [0.15, 0.2) is 18.2 Å². The third kappa shape index (κ3) is 3.74. The minimum absolute atomic E-state index is 0.231. The van der Waals surface area contributed by atoms with Gasteiger partial charge in [0.2, 0.25) is 0 Å². The monoisotopic (exact) mass is 310 g/mol. The Kier molecular flexibility index (Phi) is 4.57. The third-order valence-electron chi connectivity index (χ3n) is 4.22. The molecule has 0 bridgehead atoms. The fourth-order valence-corrected chi connectivity index (χ4v) is 2.77. The Morgan fingerprint density at radius 1 is 1.23 bits per heavy atom. The number of ether oxygens (including phenoxy) is 1. The highest BCUT2D eigenvalue weighted by Crippen LogP contribution is 2.32. The number of benzene rings is 1. The van der Waals surface area contributed by atoms with Crippen LogP contribution in [0.3, 0.4) is 0 Å². The molecule has 1 aromatic carbocycles. The Bertz CT molecular complexity index is 549. The SMILES string of the molecule is O=C(NCCC1CC1)N[C@@H]1CCO[C@@H]1c1ccc(F)c(F)c1. The van der Waals surface area contributed by atoms with Gasteiger partial charge in [0.05, 0.1) is 6.04 Å². The summed E-state index contributed by atoms with van der Waals surface area (Å²) in [5.41, 5.74) is 0.541. The van der Waals surface area contributed by atoms with Crippen LogP contribution in [0.1, 0.15) is 37.4 Å². The summed E-state index contributed by atoms with van der Waals surface area (Å²) >= 11 is 0. The molecule has 2 amide bonds. The maximum atomic E-state index is 13.3. The topological polar surface area (TPSA) is 50.4 Å². The van der Waals surface area contributed by atoms with Crippen molar-refractivity contribution in [3.05, 3.63) is 35.4 Å². The maximum absolute atomic E-state index is 13.3. The Morgan fingerprint density at radius 3 is 2.77 bits per heavy atom. The predicted molar refractivity (Wildman–Crippen MR) is 77.3 cm³/mol. The molecule has 1 aromatic rings. The van der Waals surface area contributed by atoms with Crippen molar-refractivity contribution < 1.29 is 18.3 Å². The van der Waals surface area contributed by atoms with Gasteiger partial charge < -0.3 is 15.4 Å². The second-order valence-corrected chi connectivity index (χ2v) is 5.99. The molecule has 2 fully saturated rings. The van der Waals surface area contributed by atoms with E-state index in [1.165, 1.54) is 18.9 Å². The smallest absolute Gasteiger partial charge is 0.315 e. The highest BCUT2D eigenvalue weighted by molar-refractivity contribution is 5.74. The van der Waals surface area contributed by atoms with Gasteiger partial charge in [-0.2, -0.15) is 0 Å². The molecule has 4 nitrogen and oxygen atoms in total. The van der Waals surface area contributed by atoms with Gasteiger partial charge in [-0.05, 0) is 36.5 Å². The first-order chi connectivity index (χ1) is 10.6. The molecule has 6 heteroatoms. The second kappa shape index (κ2) is 6.60. The number of urea groups is 1. The van der Waals surface area contributed by atoms with Crippen LogP contribution in [0.5, 0.6) is 0 Å². The Labute approximate surface area is 128 Å². The summed E-state index contributed by atoms with van der Waals surface area (Å²) < 4.78 is 31.9. The molecule has 0 unspecified atom stereocenters. The first-order valence-electron chi connectivity index (χ1n) is 7.74. The van der Waals surface area contributed by atoms with Crippen LogP contribution in [0.25, 0.3) is 0 Å². The second-order valence-electron chi connectivity index (χ2n) is 5.99. The zero-order chi connectivity index (χ0) is 15.5. The van der Waals surface area contributed by atoms with Crippen LogP contribution >= 0.6 is 0 Å². The van der Waals surface area contributed by atoms with Gasteiger partial charge in [-0.3, -0.25) is 0 Å². The Morgan fingerprint density at radius 2 is 2.05 bits per heavy atom. The molecule has 1 saturated heterocycles. The van der Waals surface area contributed by atoms with Gasteiger partial charge in [-0.25, -0.2) is 13.6 Å². The van der Waals surface area contributed by atoms with E-state index < -0.39 is 17.7 Å². The maximum Gasteiger partial charge on any atom is 0.315 e. The van der Waals surface area contributed by atoms with E-state index >= 15 is 0 Å². The van der Waals surface area contributed by atoms with Crippen molar-refractivity contribution in [3.8, 4) is 0 Å². The van der Waals surface area contributed by atoms with Crippen molar-refractivity contribution in [3.63, 3.8) is 0 Å². The molecule has 0 radical (unpaired) electrons. The fraction of sp³-hybridized carbons (Fsp3) is 0.562. The van der Waals surface area contributed by atoms with Gasteiger partial charge in [-0.15, -0.1) is 0 Å². The lowest BCUT2D eigenvalue weighted by atomic mass is 10.0. The number of carbonyl (C=O) groups excluding carboxylic acids is 1. The molecular weight excluding hydrogens is 290 g/mol. The lowest BCUT2D eigenvalue weighted by molar-refractivity contribution is 0.0995. The van der Waals surface area contributed by atoms with Gasteiger partial charge in [0, 0.05) is 13.2 Å². The van der Waals surface area contributed by atoms with Crippen molar-refractivity contribution >= 4 is 6.03 Å². The summed E-state index contributed by atoms with van der Waals surface area (Å²) in [4.78, 5) is 11.9. The number of hydrogen-bond donors (Lipinski definition) is 2. The van der Waals surface area contributed by atoms with Crippen molar-refractivity contribution in [1.29, 1.82) is 0 Å². The molecule has 1 heterocycles. The zero-order valence-electron chi connectivity index (χ0n) is 12.3. The highest BCUT2D eigenvalue weighted by atomic mass is 19.2. The average Bonchev–Trinajstić information content (AvgIpc) is 3.20. The van der Waals surface area contributed by atoms with Gasteiger partial charge >= 0.3 is 6.03 Å². The lowest BCUT2D eigenvalue weighted by Gasteiger charge is -2.20. The normalized spacial score (nSPS) is 24.3. The van der Waals surface area contributed by atoms with E-state index in [1.807, 2.05) is 0 Å². The first kappa shape index (κ1) is 15.2. The number of amides is 2. The van der Waals surface area contributed by atoms with Crippen LogP contribution < -0.4 is 10.6 Å². The van der Waals surface area contributed by atoms with Gasteiger partial charge in [0.1, 0.15) is 6.10 Å². The van der Waals surface area contributed by atoms with E-state index in [2.05, 4.69) is 10.6 Å². The minimum Gasteiger partial charge on any atom is -0.371 e. The van der Waals surface area contributed by atoms with Crippen LogP contribution in [-0.4, -0.2) is 25.2 Å². The molecule has 2 N–H and O–H groups in total. The number of nitrogens with one attached hydrogen (secondary N) is 2. The Hall–Kier alpha value is -1.69. The molecule has 1 saturated carbocycles. The van der Waals surface area contributed by atoms with Crippen molar-refractivity contribution in [2.75, 3.05) is 13.2 Å². The zero-order valence-corrected chi connectivity index (χ0v) is 12.3. The van der Waals surface area contributed by atoms with Gasteiger partial charge in [-0.1, -0.05) is 18.9 Å². The third-order valence-corrected chi connectivity index (χ3v) is 4.22. The standard InChI is InChI=1S/C16H20F2N2O2/c17-12-4-3-11(9-13(12)18)15-14(6-8-22-15)20-16(21)19-7-5-10-1-2-10/h3-4,9-10,14-15H,1-2,5-8H2,(H2,19,20,21)/t14-,15-/m1/s1. The molecule has 0 spiro atoms. The summed E-state index contributed by atoms with van der Waals surface area (Å²) in [5.74, 6) is -1.02. The highest BCUT2D eigenvalue weighted by Gasteiger charge is 2.31. The molecule has 0 aromatic heterocycles. The molecule has 120 valence electrons. The van der Waals surface area contributed by atoms with Gasteiger partial charge in [0.25, 0.3) is 0 Å². The molecule has 1 aliphatic carbocycles. The predicted octanol–water partition coefficient (Wildman–Crippen LogP) is 2.89. The van der Waals surface area contributed by atoms with Crippen molar-refractivity contribution in [2.45, 2.75) is 37.8 Å².